The topological polar surface area (TPSA) is 88.0 Å². The smallest absolute Gasteiger partial charge is 0.270 e. The zero-order valence-electron chi connectivity index (χ0n) is 10.8. The molecule has 19 heavy (non-hydrogen) atoms. The molecular formula is C14H15N3O2. The summed E-state index contributed by atoms with van der Waals surface area (Å²) >= 11 is 0. The molecule has 1 aromatic carbocycles. The molecule has 98 valence electrons. The number of hydrogen-bond acceptors (Lipinski definition) is 3. The van der Waals surface area contributed by atoms with Gasteiger partial charge in [-0.1, -0.05) is 23.8 Å². The number of benzene rings is 1. The summed E-state index contributed by atoms with van der Waals surface area (Å²) in [6.45, 7) is 3.98. The number of hydrogen-bond donors (Lipinski definition) is 3. The number of hydrazine groups is 1. The van der Waals surface area contributed by atoms with E-state index in [2.05, 4.69) is 4.98 Å². The summed E-state index contributed by atoms with van der Waals surface area (Å²) in [6, 6.07) is 9.12. The standard InChI is InChI=1S/C14H15N3O2/c1-8-3-4-10(9(2)7-8)12-6-5-11(13(18)16-12)14(19)17-15/h3-7H,15H2,1-2H3,(H,16,18)(H,17,19). The summed E-state index contributed by atoms with van der Waals surface area (Å²) in [6.07, 6.45) is 0. The van der Waals surface area contributed by atoms with Gasteiger partial charge in [0, 0.05) is 11.3 Å². The maximum absolute atomic E-state index is 11.8. The molecule has 0 unspecified atom stereocenters. The van der Waals surface area contributed by atoms with E-state index in [9.17, 15) is 9.59 Å². The van der Waals surface area contributed by atoms with Gasteiger partial charge < -0.3 is 4.98 Å². The third kappa shape index (κ3) is 2.56. The first-order valence-corrected chi connectivity index (χ1v) is 5.85. The van der Waals surface area contributed by atoms with E-state index in [4.69, 9.17) is 5.84 Å². The number of aryl methyl sites for hydroxylation is 2. The number of amides is 1. The molecule has 5 heteroatoms. The van der Waals surface area contributed by atoms with Crippen LogP contribution in [0.15, 0.2) is 35.1 Å². The second kappa shape index (κ2) is 5.07. The number of pyridine rings is 1. The van der Waals surface area contributed by atoms with Gasteiger partial charge in [-0.15, -0.1) is 0 Å². The van der Waals surface area contributed by atoms with E-state index in [0.717, 1.165) is 16.7 Å². The summed E-state index contributed by atoms with van der Waals surface area (Å²) < 4.78 is 0. The van der Waals surface area contributed by atoms with E-state index in [0.29, 0.717) is 5.69 Å². The van der Waals surface area contributed by atoms with Gasteiger partial charge in [0.15, 0.2) is 0 Å². The Bertz CT molecular complexity index is 689. The number of aromatic amines is 1. The summed E-state index contributed by atoms with van der Waals surface area (Å²) in [4.78, 5) is 25.9. The molecule has 1 amide bonds. The predicted octanol–water partition coefficient (Wildman–Crippen LogP) is 1.26. The fraction of sp³-hybridized carbons (Fsp3) is 0.143. The van der Waals surface area contributed by atoms with Gasteiger partial charge in [0.05, 0.1) is 0 Å². The third-order valence-electron chi connectivity index (χ3n) is 2.96. The molecule has 1 aromatic heterocycles. The Kier molecular flexibility index (Phi) is 3.48. The van der Waals surface area contributed by atoms with Crippen molar-refractivity contribution in [1.29, 1.82) is 0 Å². The lowest BCUT2D eigenvalue weighted by Gasteiger charge is -2.07. The van der Waals surface area contributed by atoms with Crippen LogP contribution in [0.2, 0.25) is 0 Å². The fourth-order valence-corrected chi connectivity index (χ4v) is 2.00. The van der Waals surface area contributed by atoms with Crippen molar-refractivity contribution in [3.63, 3.8) is 0 Å². The first kappa shape index (κ1) is 13.0. The van der Waals surface area contributed by atoms with E-state index in [1.807, 2.05) is 37.5 Å². The maximum atomic E-state index is 11.8. The van der Waals surface area contributed by atoms with Gasteiger partial charge in [-0.05, 0) is 31.5 Å². The van der Waals surface area contributed by atoms with Crippen LogP contribution in [0.4, 0.5) is 0 Å². The molecule has 0 spiro atoms. The lowest BCUT2D eigenvalue weighted by atomic mass is 10.0. The Morgan fingerprint density at radius 2 is 1.95 bits per heavy atom. The summed E-state index contributed by atoms with van der Waals surface area (Å²) in [7, 11) is 0. The van der Waals surface area contributed by atoms with Crippen molar-refractivity contribution < 1.29 is 4.79 Å². The zero-order chi connectivity index (χ0) is 14.0. The monoisotopic (exact) mass is 257 g/mol. The van der Waals surface area contributed by atoms with Crippen LogP contribution in [0.25, 0.3) is 11.3 Å². The quantitative estimate of drug-likeness (QED) is 0.430. The molecule has 0 radical (unpaired) electrons. The Morgan fingerprint density at radius 3 is 2.53 bits per heavy atom. The van der Waals surface area contributed by atoms with Crippen LogP contribution in [0.3, 0.4) is 0 Å². The molecule has 1 heterocycles. The zero-order valence-corrected chi connectivity index (χ0v) is 10.8. The van der Waals surface area contributed by atoms with Crippen molar-refractivity contribution in [1.82, 2.24) is 10.4 Å². The largest absolute Gasteiger partial charge is 0.321 e. The first-order chi connectivity index (χ1) is 9.02. The van der Waals surface area contributed by atoms with Gasteiger partial charge >= 0.3 is 0 Å². The van der Waals surface area contributed by atoms with Crippen LogP contribution in [0.1, 0.15) is 21.5 Å². The van der Waals surface area contributed by atoms with Crippen LogP contribution < -0.4 is 16.8 Å². The van der Waals surface area contributed by atoms with Crippen molar-refractivity contribution in [2.45, 2.75) is 13.8 Å². The Hall–Kier alpha value is -2.40. The van der Waals surface area contributed by atoms with Crippen LogP contribution in [0.5, 0.6) is 0 Å². The molecule has 5 nitrogen and oxygen atoms in total. The fourth-order valence-electron chi connectivity index (χ4n) is 2.00. The molecule has 2 rings (SSSR count). The van der Waals surface area contributed by atoms with Gasteiger partial charge in [-0.25, -0.2) is 5.84 Å². The Labute approximate surface area is 110 Å². The van der Waals surface area contributed by atoms with E-state index >= 15 is 0 Å². The second-order valence-corrected chi connectivity index (χ2v) is 4.41. The average Bonchev–Trinajstić information content (AvgIpc) is 2.37. The Balaban J connectivity index is 2.50. The Morgan fingerprint density at radius 1 is 1.21 bits per heavy atom. The highest BCUT2D eigenvalue weighted by molar-refractivity contribution is 5.93. The van der Waals surface area contributed by atoms with Gasteiger partial charge in [-0.2, -0.15) is 0 Å². The minimum Gasteiger partial charge on any atom is -0.321 e. The van der Waals surface area contributed by atoms with Crippen molar-refractivity contribution >= 4 is 5.91 Å². The minimum atomic E-state index is -0.603. The minimum absolute atomic E-state index is 0.00369. The molecule has 0 saturated carbocycles. The van der Waals surface area contributed by atoms with E-state index in [1.54, 1.807) is 6.07 Å². The molecule has 0 saturated heterocycles. The average molecular weight is 257 g/mol. The van der Waals surface area contributed by atoms with Gasteiger partial charge in [0.1, 0.15) is 5.56 Å². The molecule has 4 N–H and O–H groups in total. The lowest BCUT2D eigenvalue weighted by Crippen LogP contribution is -2.34. The number of rotatable bonds is 2. The van der Waals surface area contributed by atoms with Crippen LogP contribution in [-0.2, 0) is 0 Å². The van der Waals surface area contributed by atoms with E-state index in [-0.39, 0.29) is 5.56 Å². The first-order valence-electron chi connectivity index (χ1n) is 5.85. The number of nitrogens with one attached hydrogen (secondary N) is 2. The number of H-pyrrole nitrogens is 1. The van der Waals surface area contributed by atoms with E-state index < -0.39 is 11.5 Å². The maximum Gasteiger partial charge on any atom is 0.270 e. The van der Waals surface area contributed by atoms with Crippen LogP contribution in [0, 0.1) is 13.8 Å². The lowest BCUT2D eigenvalue weighted by molar-refractivity contribution is 0.0952. The molecule has 0 aliphatic rings. The molecule has 2 aromatic rings. The molecule has 0 aliphatic carbocycles. The van der Waals surface area contributed by atoms with Crippen LogP contribution >= 0.6 is 0 Å². The van der Waals surface area contributed by atoms with Gasteiger partial charge in [-0.3, -0.25) is 15.0 Å². The van der Waals surface area contributed by atoms with Crippen molar-refractivity contribution in [3.05, 3.63) is 57.4 Å². The van der Waals surface area contributed by atoms with Crippen molar-refractivity contribution in [2.24, 2.45) is 5.84 Å². The van der Waals surface area contributed by atoms with Crippen LogP contribution in [-0.4, -0.2) is 10.9 Å². The SMILES string of the molecule is Cc1ccc(-c2ccc(C(=O)NN)c(=O)[nH]2)c(C)c1. The van der Waals surface area contributed by atoms with Gasteiger partial charge in [0.2, 0.25) is 0 Å². The normalized spacial score (nSPS) is 10.3. The molecular weight excluding hydrogens is 242 g/mol. The van der Waals surface area contributed by atoms with Crippen molar-refractivity contribution in [2.75, 3.05) is 0 Å². The second-order valence-electron chi connectivity index (χ2n) is 4.41. The van der Waals surface area contributed by atoms with Crippen molar-refractivity contribution in [3.8, 4) is 11.3 Å². The highest BCUT2D eigenvalue weighted by Gasteiger charge is 2.10. The molecule has 0 aliphatic heterocycles. The number of nitrogens with two attached hydrogens (primary N) is 1. The third-order valence-corrected chi connectivity index (χ3v) is 2.96. The number of aromatic nitrogens is 1. The molecule has 0 bridgehead atoms. The highest BCUT2D eigenvalue weighted by atomic mass is 16.2. The highest BCUT2D eigenvalue weighted by Crippen LogP contribution is 2.21. The number of nitrogen functional groups attached to an aromatic ring is 1. The molecule has 0 atom stereocenters. The summed E-state index contributed by atoms with van der Waals surface area (Å²) in [5.74, 6) is 4.41. The van der Waals surface area contributed by atoms with Gasteiger partial charge in [0.25, 0.3) is 11.5 Å². The summed E-state index contributed by atoms with van der Waals surface area (Å²) in [5.41, 5.74) is 5.31. The number of carbonyl (C=O) groups excluding carboxylic acids is 1. The summed E-state index contributed by atoms with van der Waals surface area (Å²) in [5, 5.41) is 0. The van der Waals surface area contributed by atoms with E-state index in [1.165, 1.54) is 6.07 Å². The number of carbonyl (C=O) groups is 1. The molecule has 0 fully saturated rings. The predicted molar refractivity (Wildman–Crippen MR) is 73.6 cm³/mol.